The van der Waals surface area contributed by atoms with E-state index in [4.69, 9.17) is 14.2 Å². The van der Waals surface area contributed by atoms with Crippen molar-refractivity contribution in [2.24, 2.45) is 5.92 Å². The Labute approximate surface area is 224 Å². The SMILES string of the molecule is CC(C)(C)OC(=O)N(CC1(c2noc([C@H]3CC[C@@H](NC(=O)C4CC4)CC3)n2)CC1)[C@@H]1C[C@H]1c1ccccc1. The number of carbonyl (C=O) groups is 2. The largest absolute Gasteiger partial charge is 0.444 e. The molecule has 0 unspecified atom stereocenters. The molecule has 0 saturated heterocycles. The Morgan fingerprint density at radius 2 is 1.79 bits per heavy atom. The van der Waals surface area contributed by atoms with Gasteiger partial charge in [0.15, 0.2) is 5.82 Å². The maximum atomic E-state index is 13.4. The second-order valence-corrected chi connectivity index (χ2v) is 13.0. The maximum Gasteiger partial charge on any atom is 0.410 e. The normalized spacial score (nSPS) is 27.9. The quantitative estimate of drug-likeness (QED) is 0.497. The van der Waals surface area contributed by atoms with E-state index in [1.165, 1.54) is 5.56 Å². The van der Waals surface area contributed by atoms with Crippen molar-refractivity contribution in [3.8, 4) is 0 Å². The van der Waals surface area contributed by atoms with Crippen molar-refractivity contribution in [1.82, 2.24) is 20.4 Å². The van der Waals surface area contributed by atoms with E-state index in [1.807, 2.05) is 31.7 Å². The molecular weight excluding hydrogens is 480 g/mol. The van der Waals surface area contributed by atoms with E-state index in [9.17, 15) is 9.59 Å². The van der Waals surface area contributed by atoms with Gasteiger partial charge in [-0.2, -0.15) is 4.98 Å². The molecule has 2 atom stereocenters. The zero-order valence-corrected chi connectivity index (χ0v) is 22.8. The van der Waals surface area contributed by atoms with Crippen molar-refractivity contribution in [3.05, 3.63) is 47.6 Å². The lowest BCUT2D eigenvalue weighted by Gasteiger charge is -2.30. The smallest absolute Gasteiger partial charge is 0.410 e. The van der Waals surface area contributed by atoms with Crippen molar-refractivity contribution in [1.29, 1.82) is 0 Å². The zero-order valence-electron chi connectivity index (χ0n) is 22.8. The summed E-state index contributed by atoms with van der Waals surface area (Å²) in [6.07, 6.45) is 8.40. The molecule has 38 heavy (non-hydrogen) atoms. The maximum absolute atomic E-state index is 13.4. The van der Waals surface area contributed by atoms with E-state index < -0.39 is 5.60 Å². The van der Waals surface area contributed by atoms with Gasteiger partial charge in [0.25, 0.3) is 0 Å². The summed E-state index contributed by atoms with van der Waals surface area (Å²) in [5.74, 6) is 2.46. The van der Waals surface area contributed by atoms with E-state index in [0.29, 0.717) is 18.4 Å². The third-order valence-corrected chi connectivity index (χ3v) is 8.63. The average Bonchev–Trinajstić information content (AvgIpc) is 3.78. The molecule has 0 spiro atoms. The Bertz CT molecular complexity index is 1160. The van der Waals surface area contributed by atoms with Crippen LogP contribution in [0.15, 0.2) is 34.9 Å². The second kappa shape index (κ2) is 9.69. The Hall–Kier alpha value is -2.90. The highest BCUT2D eigenvalue weighted by Gasteiger charge is 2.55. The van der Waals surface area contributed by atoms with Crippen LogP contribution in [0.5, 0.6) is 0 Å². The van der Waals surface area contributed by atoms with Crippen LogP contribution in [-0.4, -0.2) is 51.3 Å². The number of ether oxygens (including phenoxy) is 1. The van der Waals surface area contributed by atoms with Crippen molar-refractivity contribution in [2.75, 3.05) is 6.54 Å². The van der Waals surface area contributed by atoms with E-state index in [2.05, 4.69) is 34.7 Å². The Morgan fingerprint density at radius 3 is 2.42 bits per heavy atom. The monoisotopic (exact) mass is 520 g/mol. The summed E-state index contributed by atoms with van der Waals surface area (Å²) in [7, 11) is 0. The van der Waals surface area contributed by atoms with Crippen LogP contribution in [0.2, 0.25) is 0 Å². The molecule has 2 amide bonds. The molecule has 0 radical (unpaired) electrons. The van der Waals surface area contributed by atoms with Crippen LogP contribution in [0.1, 0.15) is 108 Å². The molecule has 8 nitrogen and oxygen atoms in total. The van der Waals surface area contributed by atoms with Crippen LogP contribution in [0, 0.1) is 5.92 Å². The molecule has 204 valence electrons. The molecule has 4 aliphatic rings. The summed E-state index contributed by atoms with van der Waals surface area (Å²) in [5, 5.41) is 7.65. The van der Waals surface area contributed by atoms with Gasteiger partial charge in [-0.05, 0) is 84.1 Å². The summed E-state index contributed by atoms with van der Waals surface area (Å²) in [6.45, 7) is 6.29. The van der Waals surface area contributed by atoms with E-state index >= 15 is 0 Å². The number of aromatic nitrogens is 2. The standard InChI is InChI=1S/C30H40N4O4/c1-29(2,3)37-28(36)34(24-17-23(24)19-7-5-4-6-8-19)18-30(15-16-30)27-32-26(38-33-27)21-11-13-22(14-12-21)31-25(35)20-9-10-20/h4-8,20-24H,9-18H2,1-3H3,(H,31,35)/t21-,22+,23-,24+/m0/s1. The van der Waals surface area contributed by atoms with Gasteiger partial charge in [-0.3, -0.25) is 4.79 Å². The zero-order chi connectivity index (χ0) is 26.5. The van der Waals surface area contributed by atoms with Gasteiger partial charge in [0, 0.05) is 36.4 Å². The van der Waals surface area contributed by atoms with Gasteiger partial charge in [-0.25, -0.2) is 4.79 Å². The fourth-order valence-electron chi connectivity index (χ4n) is 5.92. The van der Waals surface area contributed by atoms with Crippen LogP contribution in [-0.2, 0) is 14.9 Å². The molecule has 4 fully saturated rings. The van der Waals surface area contributed by atoms with E-state index in [1.54, 1.807) is 0 Å². The highest BCUT2D eigenvalue weighted by atomic mass is 16.6. The molecule has 2 aromatic rings. The third-order valence-electron chi connectivity index (χ3n) is 8.63. The number of rotatable bonds is 8. The van der Waals surface area contributed by atoms with Gasteiger partial charge >= 0.3 is 6.09 Å². The van der Waals surface area contributed by atoms with Crippen molar-refractivity contribution < 1.29 is 18.8 Å². The third kappa shape index (κ3) is 5.59. The van der Waals surface area contributed by atoms with Crippen LogP contribution >= 0.6 is 0 Å². The molecule has 4 saturated carbocycles. The van der Waals surface area contributed by atoms with Crippen molar-refractivity contribution in [3.63, 3.8) is 0 Å². The fraction of sp³-hybridized carbons (Fsp3) is 0.667. The number of nitrogens with one attached hydrogen (secondary N) is 1. The number of nitrogens with zero attached hydrogens (tertiary/aromatic N) is 3. The van der Waals surface area contributed by atoms with Gasteiger partial charge in [0.1, 0.15) is 5.60 Å². The molecule has 4 aliphatic carbocycles. The fourth-order valence-corrected chi connectivity index (χ4v) is 5.92. The molecule has 1 aromatic heterocycles. The van der Waals surface area contributed by atoms with Crippen LogP contribution in [0.25, 0.3) is 0 Å². The van der Waals surface area contributed by atoms with E-state index in [0.717, 1.165) is 63.6 Å². The second-order valence-electron chi connectivity index (χ2n) is 13.0. The van der Waals surface area contributed by atoms with Gasteiger partial charge in [0.2, 0.25) is 11.8 Å². The summed E-state index contributed by atoms with van der Waals surface area (Å²) >= 11 is 0. The van der Waals surface area contributed by atoms with Gasteiger partial charge in [-0.1, -0.05) is 35.5 Å². The highest BCUT2D eigenvalue weighted by molar-refractivity contribution is 5.81. The van der Waals surface area contributed by atoms with Gasteiger partial charge in [-0.15, -0.1) is 0 Å². The summed E-state index contributed by atoms with van der Waals surface area (Å²) in [5.41, 5.74) is 0.443. The molecule has 0 aliphatic heterocycles. The first-order valence-electron chi connectivity index (χ1n) is 14.4. The number of hydrogen-bond donors (Lipinski definition) is 1. The van der Waals surface area contributed by atoms with Crippen molar-refractivity contribution in [2.45, 2.75) is 113 Å². The first-order chi connectivity index (χ1) is 18.2. The Balaban J connectivity index is 1.12. The van der Waals surface area contributed by atoms with Gasteiger partial charge in [0.05, 0.1) is 5.41 Å². The lowest BCUT2D eigenvalue weighted by Crippen LogP contribution is -2.43. The lowest BCUT2D eigenvalue weighted by molar-refractivity contribution is -0.123. The van der Waals surface area contributed by atoms with Crippen LogP contribution in [0.4, 0.5) is 4.79 Å². The minimum absolute atomic E-state index is 0.122. The molecule has 0 bridgehead atoms. The lowest BCUT2D eigenvalue weighted by atomic mass is 9.86. The molecule has 8 heteroatoms. The van der Waals surface area contributed by atoms with E-state index in [-0.39, 0.29) is 41.3 Å². The highest BCUT2D eigenvalue weighted by Crippen LogP contribution is 2.52. The Morgan fingerprint density at radius 1 is 1.08 bits per heavy atom. The molecule has 1 heterocycles. The van der Waals surface area contributed by atoms with Gasteiger partial charge < -0.3 is 19.5 Å². The Kier molecular flexibility index (Phi) is 6.47. The van der Waals surface area contributed by atoms with Crippen LogP contribution in [0.3, 0.4) is 0 Å². The molecule has 1 aromatic carbocycles. The molecular formula is C30H40N4O4. The number of carbonyl (C=O) groups excluding carboxylic acids is 2. The molecule has 6 rings (SSSR count). The number of benzene rings is 1. The average molecular weight is 521 g/mol. The number of hydrogen-bond acceptors (Lipinski definition) is 6. The topological polar surface area (TPSA) is 97.6 Å². The summed E-state index contributed by atoms with van der Waals surface area (Å²) in [4.78, 5) is 32.3. The first kappa shape index (κ1) is 25.4. The summed E-state index contributed by atoms with van der Waals surface area (Å²) in [6, 6.07) is 10.8. The number of amides is 2. The minimum atomic E-state index is -0.556. The van der Waals surface area contributed by atoms with Crippen LogP contribution < -0.4 is 5.32 Å². The predicted molar refractivity (Wildman–Crippen MR) is 142 cm³/mol. The predicted octanol–water partition coefficient (Wildman–Crippen LogP) is 5.45. The van der Waals surface area contributed by atoms with Crippen molar-refractivity contribution >= 4 is 12.0 Å². The minimum Gasteiger partial charge on any atom is -0.444 e. The summed E-state index contributed by atoms with van der Waals surface area (Å²) < 4.78 is 11.6. The first-order valence-corrected chi connectivity index (χ1v) is 14.4. The molecule has 1 N–H and O–H groups in total.